The minimum Gasteiger partial charge on any atom is -0.359 e. The number of carbonyl (C=O) groups excluding carboxylic acids is 1. The van der Waals surface area contributed by atoms with Crippen LogP contribution in [0.25, 0.3) is 10.7 Å². The average Bonchev–Trinajstić information content (AvgIpc) is 2.86. The van der Waals surface area contributed by atoms with Crippen molar-refractivity contribution in [3.05, 3.63) is 28.9 Å². The molecule has 1 aliphatic rings. The zero-order valence-corrected chi connectivity index (χ0v) is 8.93. The molecule has 3 nitrogen and oxygen atoms in total. The van der Waals surface area contributed by atoms with Gasteiger partial charge in [-0.25, -0.2) is 4.98 Å². The molecule has 0 aromatic carbocycles. The van der Waals surface area contributed by atoms with Crippen LogP contribution in [0, 0.1) is 0 Å². The Morgan fingerprint density at radius 2 is 2.33 bits per heavy atom. The third-order valence-corrected chi connectivity index (χ3v) is 3.75. The van der Waals surface area contributed by atoms with Gasteiger partial charge in [-0.15, -0.1) is 11.3 Å². The first kappa shape index (κ1) is 8.85. The summed E-state index contributed by atoms with van der Waals surface area (Å²) in [5.41, 5.74) is 1.71. The Morgan fingerprint density at radius 3 is 3.07 bits per heavy atom. The van der Waals surface area contributed by atoms with Crippen molar-refractivity contribution in [1.29, 1.82) is 0 Å². The SMILES string of the molecule is O=C1CCCc2sc(-c3ccc[nH]3)nc21. The fourth-order valence-corrected chi connectivity index (χ4v) is 2.96. The van der Waals surface area contributed by atoms with E-state index in [1.165, 1.54) is 0 Å². The van der Waals surface area contributed by atoms with Crippen molar-refractivity contribution >= 4 is 17.1 Å². The summed E-state index contributed by atoms with van der Waals surface area (Å²) in [5, 5.41) is 0.931. The van der Waals surface area contributed by atoms with E-state index in [2.05, 4.69) is 9.97 Å². The molecule has 0 saturated heterocycles. The van der Waals surface area contributed by atoms with E-state index in [1.54, 1.807) is 11.3 Å². The van der Waals surface area contributed by atoms with Crippen LogP contribution >= 0.6 is 11.3 Å². The molecular weight excluding hydrogens is 208 g/mol. The molecule has 2 aromatic heterocycles. The lowest BCUT2D eigenvalue weighted by Gasteiger charge is -2.06. The van der Waals surface area contributed by atoms with Crippen LogP contribution in [0.1, 0.15) is 28.2 Å². The van der Waals surface area contributed by atoms with Crippen LogP contribution in [0.4, 0.5) is 0 Å². The minimum atomic E-state index is 0.199. The lowest BCUT2D eigenvalue weighted by atomic mass is 10.0. The molecule has 0 saturated carbocycles. The summed E-state index contributed by atoms with van der Waals surface area (Å²) in [6.45, 7) is 0. The van der Waals surface area contributed by atoms with Crippen LogP contribution < -0.4 is 0 Å². The third-order valence-electron chi connectivity index (χ3n) is 2.60. The first-order valence-electron chi connectivity index (χ1n) is 5.01. The molecule has 3 rings (SSSR count). The lowest BCUT2D eigenvalue weighted by molar-refractivity contribution is 0.0968. The van der Waals surface area contributed by atoms with Crippen LogP contribution in [0.2, 0.25) is 0 Å². The highest BCUT2D eigenvalue weighted by Crippen LogP contribution is 2.31. The van der Waals surface area contributed by atoms with Gasteiger partial charge in [0, 0.05) is 17.5 Å². The number of aromatic amines is 1. The second kappa shape index (κ2) is 3.31. The van der Waals surface area contributed by atoms with Gasteiger partial charge in [-0.1, -0.05) is 0 Å². The number of Topliss-reactive ketones (excluding diaryl/α,β-unsaturated/α-hetero) is 1. The first-order valence-corrected chi connectivity index (χ1v) is 5.83. The molecule has 1 aliphatic carbocycles. The van der Waals surface area contributed by atoms with E-state index in [9.17, 15) is 4.79 Å². The van der Waals surface area contributed by atoms with E-state index in [0.717, 1.165) is 28.4 Å². The number of thiazole rings is 1. The van der Waals surface area contributed by atoms with Crippen LogP contribution in [0.3, 0.4) is 0 Å². The van der Waals surface area contributed by atoms with Gasteiger partial charge in [0.1, 0.15) is 10.7 Å². The normalized spacial score (nSPS) is 15.3. The monoisotopic (exact) mass is 218 g/mol. The largest absolute Gasteiger partial charge is 0.359 e. The molecule has 0 fully saturated rings. The van der Waals surface area contributed by atoms with Gasteiger partial charge in [0.2, 0.25) is 0 Å². The molecule has 1 N–H and O–H groups in total. The number of fused-ring (bicyclic) bond motifs is 1. The summed E-state index contributed by atoms with van der Waals surface area (Å²) >= 11 is 1.63. The van der Waals surface area contributed by atoms with Gasteiger partial charge in [0.25, 0.3) is 0 Å². The van der Waals surface area contributed by atoms with Crippen molar-refractivity contribution in [2.45, 2.75) is 19.3 Å². The Bertz CT molecular complexity index is 499. The number of carbonyl (C=O) groups is 1. The topological polar surface area (TPSA) is 45.8 Å². The number of aromatic nitrogens is 2. The highest BCUT2D eigenvalue weighted by atomic mass is 32.1. The van der Waals surface area contributed by atoms with Gasteiger partial charge in [-0.3, -0.25) is 4.79 Å². The molecule has 0 aliphatic heterocycles. The van der Waals surface area contributed by atoms with E-state index in [1.807, 2.05) is 18.3 Å². The Labute approximate surface area is 91.2 Å². The van der Waals surface area contributed by atoms with Crippen molar-refractivity contribution in [2.24, 2.45) is 0 Å². The van der Waals surface area contributed by atoms with Crippen LogP contribution in [-0.4, -0.2) is 15.8 Å². The molecule has 2 aromatic rings. The van der Waals surface area contributed by atoms with Gasteiger partial charge in [0.15, 0.2) is 5.78 Å². The molecule has 0 amide bonds. The number of hydrogen-bond donors (Lipinski definition) is 1. The maximum atomic E-state index is 11.6. The van der Waals surface area contributed by atoms with Gasteiger partial charge >= 0.3 is 0 Å². The van der Waals surface area contributed by atoms with Gasteiger partial charge < -0.3 is 4.98 Å². The van der Waals surface area contributed by atoms with Crippen molar-refractivity contribution in [3.8, 4) is 10.7 Å². The van der Waals surface area contributed by atoms with E-state index in [0.29, 0.717) is 12.1 Å². The van der Waals surface area contributed by atoms with Crippen LogP contribution in [-0.2, 0) is 6.42 Å². The van der Waals surface area contributed by atoms with E-state index < -0.39 is 0 Å². The maximum Gasteiger partial charge on any atom is 0.182 e. The summed E-state index contributed by atoms with van der Waals surface area (Å²) in [6.07, 6.45) is 4.50. The molecule has 0 radical (unpaired) electrons. The van der Waals surface area contributed by atoms with E-state index in [4.69, 9.17) is 0 Å². The predicted molar refractivity (Wildman–Crippen MR) is 59.2 cm³/mol. The number of ketones is 1. The molecule has 0 unspecified atom stereocenters. The molecule has 76 valence electrons. The highest BCUT2D eigenvalue weighted by Gasteiger charge is 2.22. The van der Waals surface area contributed by atoms with Gasteiger partial charge in [0.05, 0.1) is 5.69 Å². The quantitative estimate of drug-likeness (QED) is 0.799. The lowest BCUT2D eigenvalue weighted by Crippen LogP contribution is -2.08. The number of rotatable bonds is 1. The highest BCUT2D eigenvalue weighted by molar-refractivity contribution is 7.15. The first-order chi connectivity index (χ1) is 7.34. The molecule has 15 heavy (non-hydrogen) atoms. The smallest absolute Gasteiger partial charge is 0.182 e. The minimum absolute atomic E-state index is 0.199. The van der Waals surface area contributed by atoms with Gasteiger partial charge in [-0.05, 0) is 25.0 Å². The van der Waals surface area contributed by atoms with E-state index >= 15 is 0 Å². The number of aryl methyl sites for hydroxylation is 1. The van der Waals surface area contributed by atoms with Crippen molar-refractivity contribution in [3.63, 3.8) is 0 Å². The Morgan fingerprint density at radius 1 is 1.40 bits per heavy atom. The summed E-state index contributed by atoms with van der Waals surface area (Å²) in [5.74, 6) is 0.199. The zero-order valence-electron chi connectivity index (χ0n) is 8.12. The molecule has 4 heteroatoms. The fraction of sp³-hybridized carbons (Fsp3) is 0.273. The van der Waals surface area contributed by atoms with Crippen molar-refractivity contribution in [1.82, 2.24) is 9.97 Å². The number of H-pyrrole nitrogens is 1. The number of hydrogen-bond acceptors (Lipinski definition) is 3. The average molecular weight is 218 g/mol. The number of nitrogens with zero attached hydrogens (tertiary/aromatic N) is 1. The maximum absolute atomic E-state index is 11.6. The molecule has 0 bridgehead atoms. The van der Waals surface area contributed by atoms with Crippen LogP contribution in [0.5, 0.6) is 0 Å². The summed E-state index contributed by atoms with van der Waals surface area (Å²) in [7, 11) is 0. The predicted octanol–water partition coefficient (Wildman–Crippen LogP) is 2.66. The fourth-order valence-electron chi connectivity index (χ4n) is 1.85. The number of nitrogens with one attached hydrogen (secondary N) is 1. The Kier molecular flexibility index (Phi) is 1.95. The molecule has 0 spiro atoms. The van der Waals surface area contributed by atoms with E-state index in [-0.39, 0.29) is 5.78 Å². The second-order valence-electron chi connectivity index (χ2n) is 3.65. The summed E-state index contributed by atoms with van der Waals surface area (Å²) in [6, 6.07) is 3.92. The summed E-state index contributed by atoms with van der Waals surface area (Å²) < 4.78 is 0. The van der Waals surface area contributed by atoms with Gasteiger partial charge in [-0.2, -0.15) is 0 Å². The summed E-state index contributed by atoms with van der Waals surface area (Å²) in [4.78, 5) is 20.3. The zero-order chi connectivity index (χ0) is 10.3. The second-order valence-corrected chi connectivity index (χ2v) is 4.73. The molecular formula is C11H10N2OS. The molecule has 2 heterocycles. The molecule has 0 atom stereocenters. The Balaban J connectivity index is 2.09. The van der Waals surface area contributed by atoms with Crippen molar-refractivity contribution < 1.29 is 4.79 Å². The third kappa shape index (κ3) is 1.41. The standard InChI is InChI=1S/C11H10N2OS/c14-8-4-1-5-9-10(8)13-11(15-9)7-3-2-6-12-7/h2-3,6,12H,1,4-5H2. The Hall–Kier alpha value is -1.42. The van der Waals surface area contributed by atoms with Crippen molar-refractivity contribution in [2.75, 3.05) is 0 Å². The van der Waals surface area contributed by atoms with Crippen LogP contribution in [0.15, 0.2) is 18.3 Å².